The molecule has 1 aromatic carbocycles. The fraction of sp³-hybridized carbons (Fsp3) is 0.385. The number of hydrogen-bond acceptors (Lipinski definition) is 4. The summed E-state index contributed by atoms with van der Waals surface area (Å²) in [6.45, 7) is 2.24. The maximum atomic E-state index is 10.8. The van der Waals surface area contributed by atoms with Gasteiger partial charge in [-0.2, -0.15) is 5.26 Å². The summed E-state index contributed by atoms with van der Waals surface area (Å²) in [7, 11) is 0. The first-order valence-electron chi connectivity index (χ1n) is 5.75. The number of carboxylic acid groups (broad SMARTS) is 1. The first-order valence-corrected chi connectivity index (χ1v) is 5.75. The van der Waals surface area contributed by atoms with E-state index in [-0.39, 0.29) is 0 Å². The first kappa shape index (κ1) is 12.6. The quantitative estimate of drug-likeness (QED) is 0.855. The van der Waals surface area contributed by atoms with E-state index in [1.807, 2.05) is 17.0 Å². The van der Waals surface area contributed by atoms with Gasteiger partial charge >= 0.3 is 5.97 Å². The number of aliphatic carboxylic acids is 1. The first-order chi connectivity index (χ1) is 8.69. The highest BCUT2D eigenvalue weighted by Crippen LogP contribution is 2.11. The van der Waals surface area contributed by atoms with E-state index in [1.165, 1.54) is 0 Å². The van der Waals surface area contributed by atoms with E-state index in [2.05, 4.69) is 6.07 Å². The molecule has 1 unspecified atom stereocenters. The molecular formula is C13H14N2O3. The summed E-state index contributed by atoms with van der Waals surface area (Å²) in [5.74, 6) is -0.917. The standard InChI is InChI=1S/C13H14N2O3/c14-7-10-1-3-11(4-2-10)8-15-5-6-18-12(9-15)13(16)17/h1-4,12H,5-6,8-9H2,(H,16,17). The van der Waals surface area contributed by atoms with Crippen LogP contribution in [0, 0.1) is 11.3 Å². The molecule has 1 N–H and O–H groups in total. The molecule has 0 aromatic heterocycles. The van der Waals surface area contributed by atoms with Gasteiger partial charge in [0.05, 0.1) is 18.2 Å². The lowest BCUT2D eigenvalue weighted by Gasteiger charge is -2.30. The third kappa shape index (κ3) is 3.06. The van der Waals surface area contributed by atoms with Crippen LogP contribution in [-0.2, 0) is 16.1 Å². The molecule has 1 atom stereocenters. The zero-order valence-electron chi connectivity index (χ0n) is 9.87. The smallest absolute Gasteiger partial charge is 0.334 e. The number of morpholine rings is 1. The molecule has 0 bridgehead atoms. The SMILES string of the molecule is N#Cc1ccc(CN2CCOC(C(=O)O)C2)cc1. The molecule has 1 saturated heterocycles. The summed E-state index contributed by atoms with van der Waals surface area (Å²) in [5, 5.41) is 17.6. The molecular weight excluding hydrogens is 232 g/mol. The maximum absolute atomic E-state index is 10.8. The van der Waals surface area contributed by atoms with Gasteiger partial charge in [-0.3, -0.25) is 4.90 Å². The molecule has 5 nitrogen and oxygen atoms in total. The van der Waals surface area contributed by atoms with Crippen molar-refractivity contribution in [2.75, 3.05) is 19.7 Å². The van der Waals surface area contributed by atoms with Crippen LogP contribution in [0.25, 0.3) is 0 Å². The third-order valence-electron chi connectivity index (χ3n) is 2.92. The zero-order chi connectivity index (χ0) is 13.0. The molecule has 18 heavy (non-hydrogen) atoms. The van der Waals surface area contributed by atoms with Gasteiger partial charge in [0.15, 0.2) is 6.10 Å². The van der Waals surface area contributed by atoms with Crippen LogP contribution < -0.4 is 0 Å². The van der Waals surface area contributed by atoms with Crippen LogP contribution in [0.2, 0.25) is 0 Å². The van der Waals surface area contributed by atoms with Crippen molar-refractivity contribution in [2.45, 2.75) is 12.6 Å². The van der Waals surface area contributed by atoms with Crippen LogP contribution in [-0.4, -0.2) is 41.8 Å². The van der Waals surface area contributed by atoms with E-state index in [0.717, 1.165) is 12.1 Å². The average molecular weight is 246 g/mol. The highest BCUT2D eigenvalue weighted by molar-refractivity contribution is 5.72. The van der Waals surface area contributed by atoms with Crippen molar-refractivity contribution in [2.24, 2.45) is 0 Å². The molecule has 0 amide bonds. The molecule has 0 radical (unpaired) electrons. The van der Waals surface area contributed by atoms with Crippen molar-refractivity contribution in [1.29, 1.82) is 5.26 Å². The Balaban J connectivity index is 1.96. The Hall–Kier alpha value is -1.90. The molecule has 0 aliphatic carbocycles. The molecule has 1 heterocycles. The number of rotatable bonds is 3. The van der Waals surface area contributed by atoms with Crippen molar-refractivity contribution in [3.8, 4) is 6.07 Å². The minimum Gasteiger partial charge on any atom is -0.479 e. The van der Waals surface area contributed by atoms with E-state index in [1.54, 1.807) is 12.1 Å². The Labute approximate surface area is 105 Å². The average Bonchev–Trinajstić information content (AvgIpc) is 2.40. The van der Waals surface area contributed by atoms with Gasteiger partial charge in [-0.15, -0.1) is 0 Å². The second kappa shape index (κ2) is 5.63. The number of nitriles is 1. The lowest BCUT2D eigenvalue weighted by atomic mass is 10.1. The van der Waals surface area contributed by atoms with Gasteiger partial charge in [0.2, 0.25) is 0 Å². The number of carboxylic acids is 1. The Morgan fingerprint density at radius 1 is 1.50 bits per heavy atom. The minimum atomic E-state index is -0.917. The molecule has 0 saturated carbocycles. The Morgan fingerprint density at radius 3 is 2.83 bits per heavy atom. The fourth-order valence-corrected chi connectivity index (χ4v) is 1.94. The van der Waals surface area contributed by atoms with Gasteiger partial charge in [0, 0.05) is 19.6 Å². The van der Waals surface area contributed by atoms with E-state index >= 15 is 0 Å². The lowest BCUT2D eigenvalue weighted by molar-refractivity contribution is -0.156. The van der Waals surface area contributed by atoms with Crippen LogP contribution in [0.3, 0.4) is 0 Å². The van der Waals surface area contributed by atoms with Gasteiger partial charge in [0.25, 0.3) is 0 Å². The second-order valence-corrected chi connectivity index (χ2v) is 4.24. The van der Waals surface area contributed by atoms with E-state index in [4.69, 9.17) is 15.1 Å². The van der Waals surface area contributed by atoms with E-state index in [0.29, 0.717) is 25.3 Å². The summed E-state index contributed by atoms with van der Waals surface area (Å²) in [4.78, 5) is 12.9. The molecule has 2 rings (SSSR count). The highest BCUT2D eigenvalue weighted by Gasteiger charge is 2.25. The number of hydrogen-bond donors (Lipinski definition) is 1. The molecule has 1 fully saturated rings. The Kier molecular flexibility index (Phi) is 3.92. The molecule has 0 spiro atoms. The minimum absolute atomic E-state index is 0.398. The summed E-state index contributed by atoms with van der Waals surface area (Å²) in [5.41, 5.74) is 1.70. The summed E-state index contributed by atoms with van der Waals surface area (Å²) in [6.07, 6.45) is -0.739. The molecule has 1 aliphatic rings. The zero-order valence-corrected chi connectivity index (χ0v) is 9.87. The van der Waals surface area contributed by atoms with Crippen LogP contribution in [0.4, 0.5) is 0 Å². The summed E-state index contributed by atoms with van der Waals surface area (Å²) in [6, 6.07) is 9.39. The summed E-state index contributed by atoms with van der Waals surface area (Å²) >= 11 is 0. The topological polar surface area (TPSA) is 73.6 Å². The summed E-state index contributed by atoms with van der Waals surface area (Å²) < 4.78 is 5.16. The number of benzene rings is 1. The van der Waals surface area contributed by atoms with Crippen LogP contribution in [0.1, 0.15) is 11.1 Å². The van der Waals surface area contributed by atoms with Gasteiger partial charge in [-0.05, 0) is 17.7 Å². The number of ether oxygens (including phenoxy) is 1. The third-order valence-corrected chi connectivity index (χ3v) is 2.92. The van der Waals surface area contributed by atoms with E-state index < -0.39 is 12.1 Å². The van der Waals surface area contributed by atoms with Gasteiger partial charge in [-0.1, -0.05) is 12.1 Å². The predicted molar refractivity (Wildman–Crippen MR) is 63.8 cm³/mol. The Bertz CT molecular complexity index is 464. The van der Waals surface area contributed by atoms with Crippen molar-refractivity contribution < 1.29 is 14.6 Å². The maximum Gasteiger partial charge on any atom is 0.334 e. The molecule has 5 heteroatoms. The van der Waals surface area contributed by atoms with Crippen molar-refractivity contribution >= 4 is 5.97 Å². The number of nitrogens with zero attached hydrogens (tertiary/aromatic N) is 2. The highest BCUT2D eigenvalue weighted by atomic mass is 16.5. The Morgan fingerprint density at radius 2 is 2.22 bits per heavy atom. The molecule has 1 aromatic rings. The van der Waals surface area contributed by atoms with Crippen LogP contribution >= 0.6 is 0 Å². The second-order valence-electron chi connectivity index (χ2n) is 4.24. The van der Waals surface area contributed by atoms with Crippen molar-refractivity contribution in [3.63, 3.8) is 0 Å². The van der Waals surface area contributed by atoms with Crippen LogP contribution in [0.15, 0.2) is 24.3 Å². The molecule has 1 aliphatic heterocycles. The largest absolute Gasteiger partial charge is 0.479 e. The predicted octanol–water partition coefficient (Wildman–Crippen LogP) is 0.844. The molecule has 94 valence electrons. The number of carbonyl (C=O) groups is 1. The monoisotopic (exact) mass is 246 g/mol. The lowest BCUT2D eigenvalue weighted by Crippen LogP contribution is -2.45. The van der Waals surface area contributed by atoms with E-state index in [9.17, 15) is 4.79 Å². The normalized spacial score (nSPS) is 20.3. The van der Waals surface area contributed by atoms with Crippen molar-refractivity contribution in [1.82, 2.24) is 4.90 Å². The van der Waals surface area contributed by atoms with Gasteiger partial charge in [-0.25, -0.2) is 4.79 Å². The van der Waals surface area contributed by atoms with Crippen molar-refractivity contribution in [3.05, 3.63) is 35.4 Å². The van der Waals surface area contributed by atoms with Gasteiger partial charge < -0.3 is 9.84 Å². The van der Waals surface area contributed by atoms with Crippen LogP contribution in [0.5, 0.6) is 0 Å². The van der Waals surface area contributed by atoms with Gasteiger partial charge in [0.1, 0.15) is 0 Å². The fourth-order valence-electron chi connectivity index (χ4n) is 1.94.